The van der Waals surface area contributed by atoms with Gasteiger partial charge in [0.2, 0.25) is 0 Å². The molecule has 242 valence electrons. The van der Waals surface area contributed by atoms with Crippen molar-refractivity contribution in [3.8, 4) is 5.75 Å². The first-order valence-electron chi connectivity index (χ1n) is 15.2. The van der Waals surface area contributed by atoms with E-state index in [1.165, 1.54) is 6.92 Å². The summed E-state index contributed by atoms with van der Waals surface area (Å²) in [5.41, 5.74) is 0.176. The highest BCUT2D eigenvalue weighted by Gasteiger charge is 2.64. The maximum Gasteiger partial charge on any atom is 0.311 e. The third-order valence-corrected chi connectivity index (χ3v) is 10.1. The van der Waals surface area contributed by atoms with Crippen molar-refractivity contribution in [3.05, 3.63) is 28.8 Å². The zero-order valence-corrected chi connectivity index (χ0v) is 26.9. The monoisotopic (exact) mass is 626 g/mol. The Balaban J connectivity index is 1.66. The van der Waals surface area contributed by atoms with E-state index in [-0.39, 0.29) is 41.6 Å². The third kappa shape index (κ3) is 6.99. The topological polar surface area (TPSA) is 141 Å². The first-order chi connectivity index (χ1) is 20.0. The Bertz CT molecular complexity index is 1170. The van der Waals surface area contributed by atoms with Crippen LogP contribution in [0, 0.1) is 23.2 Å². The summed E-state index contributed by atoms with van der Waals surface area (Å²) < 4.78 is 30.6. The molecule has 0 amide bonds. The second-order valence-corrected chi connectivity index (χ2v) is 13.9. The number of aromatic hydroxyl groups is 1. The number of methoxy groups -OCH3 is 1. The van der Waals surface area contributed by atoms with Crippen molar-refractivity contribution >= 4 is 23.5 Å². The molecular weight excluding hydrogens is 580 g/mol. The molecule has 43 heavy (non-hydrogen) atoms. The standard InChI is InChI=1S/C32H47ClO10/c1-17(8-11-24(39-7)21-9-10-22(33)23(35)12-21)29-19(3)26-15-32(42-29)30(5,6)14-18(2)31(38,43-32)16-28(37)40-25(20(4)34)13-27(36)41-26/h9-10,12,17-20,24-26,29,34-35,38H,8,11,13-16H2,1-7H3. The maximum absolute atomic E-state index is 13.2. The van der Waals surface area contributed by atoms with E-state index >= 15 is 0 Å². The molecule has 3 saturated heterocycles. The lowest BCUT2D eigenvalue weighted by molar-refractivity contribution is -0.452. The van der Waals surface area contributed by atoms with E-state index in [1.807, 2.05) is 33.8 Å². The molecule has 10 nitrogen and oxygen atoms in total. The van der Waals surface area contributed by atoms with Crippen molar-refractivity contribution < 1.29 is 48.6 Å². The van der Waals surface area contributed by atoms with Gasteiger partial charge in [0, 0.05) is 30.8 Å². The number of esters is 2. The number of fused-ring (bicyclic) bond motifs is 2. The van der Waals surface area contributed by atoms with Crippen LogP contribution in [0.1, 0.15) is 91.7 Å². The molecule has 3 aliphatic rings. The average Bonchev–Trinajstić information content (AvgIpc) is 2.90. The fourth-order valence-corrected chi connectivity index (χ4v) is 7.09. The van der Waals surface area contributed by atoms with Gasteiger partial charge in [-0.25, -0.2) is 0 Å². The number of benzene rings is 1. The van der Waals surface area contributed by atoms with Gasteiger partial charge in [0.15, 0.2) is 11.6 Å². The van der Waals surface area contributed by atoms with Gasteiger partial charge in [-0.15, -0.1) is 0 Å². The van der Waals surface area contributed by atoms with Crippen molar-refractivity contribution in [3.63, 3.8) is 0 Å². The highest BCUT2D eigenvalue weighted by Crippen LogP contribution is 2.57. The van der Waals surface area contributed by atoms with E-state index in [0.29, 0.717) is 19.3 Å². The van der Waals surface area contributed by atoms with Gasteiger partial charge in [0.1, 0.15) is 18.0 Å². The first kappa shape index (κ1) is 33.9. The lowest BCUT2D eigenvalue weighted by Crippen LogP contribution is -2.68. The molecule has 10 unspecified atom stereocenters. The predicted molar refractivity (Wildman–Crippen MR) is 157 cm³/mol. The van der Waals surface area contributed by atoms with Gasteiger partial charge in [-0.1, -0.05) is 52.3 Å². The average molecular weight is 627 g/mol. The van der Waals surface area contributed by atoms with Crippen molar-refractivity contribution in [1.82, 2.24) is 0 Å². The van der Waals surface area contributed by atoms with Gasteiger partial charge in [-0.2, -0.15) is 0 Å². The number of cyclic esters (lactones) is 1. The molecule has 11 heteroatoms. The van der Waals surface area contributed by atoms with Gasteiger partial charge in [-0.05, 0) is 49.8 Å². The number of phenols is 1. The summed E-state index contributed by atoms with van der Waals surface area (Å²) >= 11 is 6.00. The number of aliphatic hydroxyl groups is 2. The van der Waals surface area contributed by atoms with Gasteiger partial charge >= 0.3 is 11.9 Å². The summed E-state index contributed by atoms with van der Waals surface area (Å²) in [6.45, 7) is 11.3. The van der Waals surface area contributed by atoms with Crippen LogP contribution in [0.3, 0.4) is 0 Å². The summed E-state index contributed by atoms with van der Waals surface area (Å²) in [5, 5.41) is 32.4. The van der Waals surface area contributed by atoms with Crippen LogP contribution < -0.4 is 0 Å². The van der Waals surface area contributed by atoms with E-state index in [2.05, 4.69) is 6.92 Å². The molecule has 10 atom stereocenters. The maximum atomic E-state index is 13.2. The third-order valence-electron chi connectivity index (χ3n) is 9.80. The Morgan fingerprint density at radius 2 is 1.79 bits per heavy atom. The van der Waals surface area contributed by atoms with Gasteiger partial charge in [-0.3, -0.25) is 9.59 Å². The number of halogens is 1. The number of hydrogen-bond acceptors (Lipinski definition) is 10. The number of hydrogen-bond donors (Lipinski definition) is 3. The molecular formula is C32H47ClO10. The number of carbonyl (C=O) groups excluding carboxylic acids is 2. The minimum absolute atomic E-state index is 0.0154. The molecule has 3 aliphatic heterocycles. The van der Waals surface area contributed by atoms with E-state index in [1.54, 1.807) is 19.2 Å². The zero-order chi connectivity index (χ0) is 31.9. The summed E-state index contributed by atoms with van der Waals surface area (Å²) in [4.78, 5) is 26.1. The van der Waals surface area contributed by atoms with Crippen molar-refractivity contribution in [2.75, 3.05) is 7.11 Å². The quantitative estimate of drug-likeness (QED) is 0.353. The number of ether oxygens (including phenoxy) is 5. The summed E-state index contributed by atoms with van der Waals surface area (Å²) in [6, 6.07) is 5.05. The highest BCUT2D eigenvalue weighted by atomic mass is 35.5. The summed E-state index contributed by atoms with van der Waals surface area (Å²) in [5.74, 6) is -5.40. The molecule has 3 heterocycles. The summed E-state index contributed by atoms with van der Waals surface area (Å²) in [7, 11) is 1.61. The molecule has 1 aromatic carbocycles. The van der Waals surface area contributed by atoms with Crippen molar-refractivity contribution in [2.24, 2.45) is 23.2 Å². The lowest BCUT2D eigenvalue weighted by Gasteiger charge is -2.61. The van der Waals surface area contributed by atoms with Crippen LogP contribution in [-0.2, 0) is 33.3 Å². The van der Waals surface area contributed by atoms with Crippen LogP contribution in [0.2, 0.25) is 5.02 Å². The number of phenolic OH excluding ortho intramolecular Hbond substituents is 1. The Labute approximate surface area is 258 Å². The Hall–Kier alpha value is -1.95. The second-order valence-electron chi connectivity index (χ2n) is 13.5. The van der Waals surface area contributed by atoms with Crippen molar-refractivity contribution in [2.45, 2.75) is 122 Å². The van der Waals surface area contributed by atoms with E-state index < -0.39 is 65.7 Å². The number of rotatable bonds is 7. The summed E-state index contributed by atoms with van der Waals surface area (Å²) in [6.07, 6.45) is -2.49. The minimum Gasteiger partial charge on any atom is -0.506 e. The van der Waals surface area contributed by atoms with E-state index in [0.717, 1.165) is 5.56 Å². The van der Waals surface area contributed by atoms with Crippen LogP contribution in [0.5, 0.6) is 5.75 Å². The van der Waals surface area contributed by atoms with Gasteiger partial charge < -0.3 is 39.0 Å². The molecule has 0 saturated carbocycles. The molecule has 0 radical (unpaired) electrons. The van der Waals surface area contributed by atoms with Crippen LogP contribution in [0.4, 0.5) is 0 Å². The zero-order valence-electron chi connectivity index (χ0n) is 26.2. The minimum atomic E-state index is -1.89. The van der Waals surface area contributed by atoms with Crippen LogP contribution in [-0.4, -0.2) is 70.4 Å². The molecule has 3 bridgehead atoms. The Kier molecular flexibility index (Phi) is 10.1. The molecule has 1 spiro atoms. The Morgan fingerprint density at radius 1 is 1.09 bits per heavy atom. The predicted octanol–water partition coefficient (Wildman–Crippen LogP) is 5.04. The van der Waals surface area contributed by atoms with Crippen LogP contribution in [0.25, 0.3) is 0 Å². The SMILES string of the molecule is COC(CCC(C)C1OC23CC(OC(=O)CC(C(C)O)OC(=O)CC(O)(O2)C(C)CC3(C)C)C1C)c1ccc(Cl)c(O)c1. The largest absolute Gasteiger partial charge is 0.506 e. The molecule has 0 aliphatic carbocycles. The highest BCUT2D eigenvalue weighted by molar-refractivity contribution is 6.32. The normalized spacial score (nSPS) is 36.7. The fourth-order valence-electron chi connectivity index (χ4n) is 6.98. The number of aliphatic hydroxyl groups excluding tert-OH is 1. The van der Waals surface area contributed by atoms with Gasteiger partial charge in [0.05, 0.1) is 36.2 Å². The molecule has 3 N–H and O–H groups in total. The lowest BCUT2D eigenvalue weighted by atomic mass is 9.66. The molecule has 0 aromatic heterocycles. The van der Waals surface area contributed by atoms with E-state index in [9.17, 15) is 24.9 Å². The number of carbonyl (C=O) groups is 2. The smallest absolute Gasteiger partial charge is 0.311 e. The van der Waals surface area contributed by atoms with Crippen LogP contribution >= 0.6 is 11.6 Å². The fraction of sp³-hybridized carbons (Fsp3) is 0.750. The second kappa shape index (κ2) is 12.8. The van der Waals surface area contributed by atoms with Gasteiger partial charge in [0.25, 0.3) is 0 Å². The molecule has 1 aromatic rings. The Morgan fingerprint density at radius 3 is 2.42 bits per heavy atom. The van der Waals surface area contributed by atoms with Crippen molar-refractivity contribution in [1.29, 1.82) is 0 Å². The molecule has 4 rings (SSSR count). The van der Waals surface area contributed by atoms with Crippen LogP contribution in [0.15, 0.2) is 18.2 Å². The first-order valence-corrected chi connectivity index (χ1v) is 15.6. The van der Waals surface area contributed by atoms with E-state index in [4.69, 9.17) is 35.3 Å². The molecule has 3 fully saturated rings.